The minimum atomic E-state index is -1.11. The zero-order valence-electron chi connectivity index (χ0n) is 10.8. The lowest BCUT2D eigenvalue weighted by Gasteiger charge is -2.03. The van der Waals surface area contributed by atoms with Gasteiger partial charge in [0, 0.05) is 20.1 Å². The van der Waals surface area contributed by atoms with E-state index in [1.165, 1.54) is 19.1 Å². The number of esters is 1. The number of carboxylic acid groups (broad SMARTS) is 1. The minimum absolute atomic E-state index is 0.0160. The van der Waals surface area contributed by atoms with E-state index in [-0.39, 0.29) is 11.3 Å². The van der Waals surface area contributed by atoms with Crippen LogP contribution >= 0.6 is 0 Å². The topological polar surface area (TPSA) is 72.8 Å². The summed E-state index contributed by atoms with van der Waals surface area (Å²) in [5.74, 6) is -1.58. The number of carbonyl (C=O) groups is 2. The number of aromatic carboxylic acids is 1. The van der Waals surface area contributed by atoms with Gasteiger partial charge in [-0.1, -0.05) is 12.1 Å². The molecule has 0 bridgehead atoms. The maximum absolute atomic E-state index is 10.6. The summed E-state index contributed by atoms with van der Waals surface area (Å²) in [6.45, 7) is 6.89. The maximum atomic E-state index is 10.6. The molecule has 100 valence electrons. The highest BCUT2D eigenvalue weighted by Crippen LogP contribution is 2.17. The molecule has 0 saturated heterocycles. The third-order valence-electron chi connectivity index (χ3n) is 1.78. The van der Waals surface area contributed by atoms with Crippen LogP contribution in [0.5, 0.6) is 5.75 Å². The van der Waals surface area contributed by atoms with Gasteiger partial charge >= 0.3 is 11.9 Å². The quantitative estimate of drug-likeness (QED) is 0.659. The first-order valence-corrected chi connectivity index (χ1v) is 5.61. The Labute approximate surface area is 106 Å². The van der Waals surface area contributed by atoms with Crippen molar-refractivity contribution in [3.05, 3.63) is 29.8 Å². The van der Waals surface area contributed by atoms with Crippen LogP contribution < -0.4 is 4.74 Å². The second kappa shape index (κ2) is 9.18. The van der Waals surface area contributed by atoms with Gasteiger partial charge in [-0.3, -0.25) is 4.79 Å². The molecule has 1 aromatic carbocycles. The average Bonchev–Trinajstić information content (AvgIpc) is 2.30. The summed E-state index contributed by atoms with van der Waals surface area (Å²) in [6.07, 6.45) is 0. The fourth-order valence-electron chi connectivity index (χ4n) is 1.09. The van der Waals surface area contributed by atoms with Crippen LogP contribution in [-0.2, 0) is 9.53 Å². The summed E-state index contributed by atoms with van der Waals surface area (Å²) in [7, 11) is 0. The van der Waals surface area contributed by atoms with Gasteiger partial charge in [-0.25, -0.2) is 4.79 Å². The fourth-order valence-corrected chi connectivity index (χ4v) is 1.09. The van der Waals surface area contributed by atoms with Crippen LogP contribution in [0.25, 0.3) is 0 Å². The molecule has 0 amide bonds. The largest absolute Gasteiger partial charge is 0.478 e. The van der Waals surface area contributed by atoms with Crippen LogP contribution in [0.15, 0.2) is 24.3 Å². The lowest BCUT2D eigenvalue weighted by molar-refractivity contribution is -0.131. The second-order valence-electron chi connectivity index (χ2n) is 3.18. The van der Waals surface area contributed by atoms with Crippen LogP contribution in [0.3, 0.4) is 0 Å². The Balaban J connectivity index is 0.000000494. The van der Waals surface area contributed by atoms with Crippen LogP contribution in [0.4, 0.5) is 0 Å². The number of benzene rings is 1. The molecule has 0 fully saturated rings. The predicted molar refractivity (Wildman–Crippen MR) is 66.9 cm³/mol. The molecule has 0 spiro atoms. The van der Waals surface area contributed by atoms with Gasteiger partial charge in [-0.05, 0) is 26.0 Å². The maximum Gasteiger partial charge on any atom is 0.339 e. The smallest absolute Gasteiger partial charge is 0.339 e. The number of hydrogen-bond acceptors (Lipinski definition) is 4. The van der Waals surface area contributed by atoms with Crippen molar-refractivity contribution >= 4 is 11.9 Å². The van der Waals surface area contributed by atoms with Crippen molar-refractivity contribution in [3.63, 3.8) is 0 Å². The summed E-state index contributed by atoms with van der Waals surface area (Å²) < 4.78 is 9.52. The molecule has 1 aromatic rings. The summed E-state index contributed by atoms with van der Waals surface area (Å²) >= 11 is 0. The van der Waals surface area contributed by atoms with Crippen LogP contribution in [0.1, 0.15) is 31.1 Å². The van der Waals surface area contributed by atoms with E-state index in [0.717, 1.165) is 13.2 Å². The van der Waals surface area contributed by atoms with Gasteiger partial charge in [-0.2, -0.15) is 0 Å². The summed E-state index contributed by atoms with van der Waals surface area (Å²) in [4.78, 5) is 21.2. The number of carboxylic acids is 1. The van der Waals surface area contributed by atoms with E-state index in [4.69, 9.17) is 9.84 Å². The Bertz CT molecular complexity index is 385. The highest BCUT2D eigenvalue weighted by atomic mass is 16.5. The fraction of sp³-hybridized carbons (Fsp3) is 0.385. The van der Waals surface area contributed by atoms with Crippen LogP contribution in [0, 0.1) is 0 Å². The first kappa shape index (κ1) is 16.1. The number of ether oxygens (including phenoxy) is 2. The number of carbonyl (C=O) groups excluding carboxylic acids is 1. The van der Waals surface area contributed by atoms with E-state index >= 15 is 0 Å². The summed E-state index contributed by atoms with van der Waals surface area (Å²) in [5, 5.41) is 8.69. The molecule has 5 nitrogen and oxygen atoms in total. The average molecular weight is 254 g/mol. The third kappa shape index (κ3) is 6.65. The molecule has 0 aromatic heterocycles. The Kier molecular flexibility index (Phi) is 8.22. The molecule has 5 heteroatoms. The molecule has 1 N–H and O–H groups in total. The SMILES string of the molecule is CC(=O)Oc1ccccc1C(=O)O.CCOCC. The summed E-state index contributed by atoms with van der Waals surface area (Å²) in [5.41, 5.74) is -0.0160. The zero-order valence-corrected chi connectivity index (χ0v) is 10.8. The second-order valence-corrected chi connectivity index (χ2v) is 3.18. The molecule has 0 unspecified atom stereocenters. The molecule has 0 heterocycles. The van der Waals surface area contributed by atoms with Crippen molar-refractivity contribution in [1.29, 1.82) is 0 Å². The highest BCUT2D eigenvalue weighted by molar-refractivity contribution is 5.91. The molecular formula is C13H18O5. The van der Waals surface area contributed by atoms with Crippen molar-refractivity contribution in [3.8, 4) is 5.75 Å². The van der Waals surface area contributed by atoms with Gasteiger partial charge in [0.15, 0.2) is 0 Å². The van der Waals surface area contributed by atoms with E-state index < -0.39 is 11.9 Å². The molecular weight excluding hydrogens is 236 g/mol. The zero-order chi connectivity index (χ0) is 14.0. The van der Waals surface area contributed by atoms with Gasteiger partial charge in [0.2, 0.25) is 0 Å². The van der Waals surface area contributed by atoms with E-state index in [9.17, 15) is 9.59 Å². The Morgan fingerprint density at radius 1 is 1.17 bits per heavy atom. The van der Waals surface area contributed by atoms with E-state index in [2.05, 4.69) is 4.74 Å². The van der Waals surface area contributed by atoms with E-state index in [0.29, 0.717) is 0 Å². The number of rotatable bonds is 4. The van der Waals surface area contributed by atoms with E-state index in [1.807, 2.05) is 13.8 Å². The van der Waals surface area contributed by atoms with E-state index in [1.54, 1.807) is 12.1 Å². The lowest BCUT2D eigenvalue weighted by atomic mass is 10.2. The van der Waals surface area contributed by atoms with Crippen molar-refractivity contribution < 1.29 is 24.2 Å². The van der Waals surface area contributed by atoms with Crippen LogP contribution in [-0.4, -0.2) is 30.3 Å². The number of hydrogen-bond donors (Lipinski definition) is 1. The van der Waals surface area contributed by atoms with Crippen molar-refractivity contribution in [1.82, 2.24) is 0 Å². The first-order chi connectivity index (χ1) is 8.52. The molecule has 0 radical (unpaired) electrons. The third-order valence-corrected chi connectivity index (χ3v) is 1.78. The van der Waals surface area contributed by atoms with Gasteiger partial charge in [0.05, 0.1) is 0 Å². The lowest BCUT2D eigenvalue weighted by Crippen LogP contribution is -2.06. The molecule has 0 aliphatic rings. The van der Waals surface area contributed by atoms with Gasteiger partial charge < -0.3 is 14.6 Å². The predicted octanol–water partition coefficient (Wildman–Crippen LogP) is 2.35. The van der Waals surface area contributed by atoms with Gasteiger partial charge in [0.25, 0.3) is 0 Å². The monoisotopic (exact) mass is 254 g/mol. The molecule has 0 aliphatic carbocycles. The highest BCUT2D eigenvalue weighted by Gasteiger charge is 2.10. The molecule has 0 saturated carbocycles. The van der Waals surface area contributed by atoms with Crippen molar-refractivity contribution in [2.45, 2.75) is 20.8 Å². The van der Waals surface area contributed by atoms with Gasteiger partial charge in [0.1, 0.15) is 11.3 Å². The van der Waals surface area contributed by atoms with Crippen LogP contribution in [0.2, 0.25) is 0 Å². The van der Waals surface area contributed by atoms with Crippen molar-refractivity contribution in [2.24, 2.45) is 0 Å². The Hall–Kier alpha value is -1.88. The normalized spacial score (nSPS) is 9.06. The Morgan fingerprint density at radius 2 is 1.72 bits per heavy atom. The summed E-state index contributed by atoms with van der Waals surface area (Å²) in [6, 6.07) is 5.98. The molecule has 0 aliphatic heterocycles. The standard InChI is InChI=1S/C9H8O4.C4H10O/c1-6(10)13-8-5-3-2-4-7(8)9(11)12;1-3-5-4-2/h2-5H,1H3,(H,11,12);3-4H2,1-2H3. The van der Waals surface area contributed by atoms with Crippen molar-refractivity contribution in [2.75, 3.05) is 13.2 Å². The number of para-hydroxylation sites is 1. The first-order valence-electron chi connectivity index (χ1n) is 5.61. The minimum Gasteiger partial charge on any atom is -0.478 e. The molecule has 0 atom stereocenters. The molecule has 1 rings (SSSR count). The van der Waals surface area contributed by atoms with Gasteiger partial charge in [-0.15, -0.1) is 0 Å². The Morgan fingerprint density at radius 3 is 2.11 bits per heavy atom. The molecule has 18 heavy (non-hydrogen) atoms.